The minimum Gasteiger partial charge on any atom is -0.311 e. The zero-order chi connectivity index (χ0) is 13.2. The molecule has 0 saturated carbocycles. The predicted octanol–water partition coefficient (Wildman–Crippen LogP) is 3.60. The lowest BCUT2D eigenvalue weighted by atomic mass is 10.1. The first-order valence-corrected chi connectivity index (χ1v) is 7.45. The Balaban J connectivity index is 2.13. The van der Waals surface area contributed by atoms with Gasteiger partial charge in [-0.3, -0.25) is 4.68 Å². The number of nitrogens with one attached hydrogen (secondary N) is 1. The minimum atomic E-state index is 0.700. The van der Waals surface area contributed by atoms with Gasteiger partial charge in [0.1, 0.15) is 0 Å². The molecule has 0 spiro atoms. The van der Waals surface area contributed by atoms with E-state index in [2.05, 4.69) is 48.1 Å². The van der Waals surface area contributed by atoms with E-state index in [-0.39, 0.29) is 0 Å². The van der Waals surface area contributed by atoms with Crippen molar-refractivity contribution in [2.45, 2.75) is 66.0 Å². The lowest BCUT2D eigenvalue weighted by molar-refractivity contribution is 0.517. The monoisotopic (exact) mass is 251 g/mol. The largest absolute Gasteiger partial charge is 0.311 e. The molecule has 1 N–H and O–H groups in total. The van der Waals surface area contributed by atoms with Crippen molar-refractivity contribution in [1.29, 1.82) is 0 Å². The van der Waals surface area contributed by atoms with Crippen LogP contribution in [-0.2, 0) is 13.1 Å². The first-order valence-electron chi connectivity index (χ1n) is 7.45. The Morgan fingerprint density at radius 1 is 1.22 bits per heavy atom. The second-order valence-electron chi connectivity index (χ2n) is 5.51. The molecule has 0 aliphatic rings. The Labute approximate surface area is 112 Å². The highest BCUT2D eigenvalue weighted by atomic mass is 15.3. The third-order valence-corrected chi connectivity index (χ3v) is 3.05. The fourth-order valence-electron chi connectivity index (χ4n) is 1.99. The fraction of sp³-hybridized carbons (Fsp3) is 0.800. The summed E-state index contributed by atoms with van der Waals surface area (Å²) in [6.07, 6.45) is 8.72. The van der Waals surface area contributed by atoms with Crippen molar-refractivity contribution >= 4 is 0 Å². The average Bonchev–Trinajstić information content (AvgIpc) is 2.76. The lowest BCUT2D eigenvalue weighted by Crippen LogP contribution is -2.19. The molecule has 104 valence electrons. The van der Waals surface area contributed by atoms with Crippen LogP contribution < -0.4 is 5.32 Å². The van der Waals surface area contributed by atoms with Crippen LogP contribution in [0.25, 0.3) is 0 Å². The van der Waals surface area contributed by atoms with E-state index in [1.54, 1.807) is 0 Å². The minimum absolute atomic E-state index is 0.700. The van der Waals surface area contributed by atoms with Crippen molar-refractivity contribution in [2.24, 2.45) is 5.92 Å². The summed E-state index contributed by atoms with van der Waals surface area (Å²) in [4.78, 5) is 0. The molecule has 0 atom stereocenters. The molecule has 3 heteroatoms. The van der Waals surface area contributed by atoms with Crippen LogP contribution >= 0.6 is 0 Å². The van der Waals surface area contributed by atoms with Gasteiger partial charge in [0.15, 0.2) is 0 Å². The number of hydrogen-bond acceptors (Lipinski definition) is 2. The van der Waals surface area contributed by atoms with Gasteiger partial charge in [0, 0.05) is 19.3 Å². The molecule has 1 rings (SSSR count). The number of rotatable bonds is 10. The highest BCUT2D eigenvalue weighted by molar-refractivity contribution is 4.98. The standard InChI is InChI=1S/C15H29N3/c1-4-5-6-7-8-10-18-11-9-15(17-18)13-16-12-14(2)3/h9,11,14,16H,4-8,10,12-13H2,1-3H3. The van der Waals surface area contributed by atoms with Gasteiger partial charge in [0.2, 0.25) is 0 Å². The van der Waals surface area contributed by atoms with Crippen LogP contribution in [0.1, 0.15) is 58.6 Å². The third kappa shape index (κ3) is 6.80. The highest BCUT2D eigenvalue weighted by Crippen LogP contribution is 2.04. The second kappa shape index (κ2) is 9.15. The van der Waals surface area contributed by atoms with Gasteiger partial charge in [-0.15, -0.1) is 0 Å². The van der Waals surface area contributed by atoms with E-state index in [1.165, 1.54) is 32.1 Å². The number of nitrogens with zero attached hydrogens (tertiary/aromatic N) is 2. The maximum Gasteiger partial charge on any atom is 0.0762 e. The first-order chi connectivity index (χ1) is 8.72. The fourth-order valence-corrected chi connectivity index (χ4v) is 1.99. The summed E-state index contributed by atoms with van der Waals surface area (Å²) in [5.74, 6) is 0.700. The maximum absolute atomic E-state index is 4.58. The molecule has 1 aromatic rings. The summed E-state index contributed by atoms with van der Waals surface area (Å²) in [6, 6.07) is 2.12. The summed E-state index contributed by atoms with van der Waals surface area (Å²) >= 11 is 0. The molecular weight excluding hydrogens is 222 g/mol. The molecule has 0 aromatic carbocycles. The zero-order valence-electron chi connectivity index (χ0n) is 12.3. The molecule has 0 aliphatic carbocycles. The molecular formula is C15H29N3. The number of unbranched alkanes of at least 4 members (excludes halogenated alkanes) is 4. The Bertz CT molecular complexity index is 304. The van der Waals surface area contributed by atoms with Crippen LogP contribution in [0, 0.1) is 5.92 Å². The van der Waals surface area contributed by atoms with E-state index in [0.717, 1.165) is 25.3 Å². The van der Waals surface area contributed by atoms with Crippen molar-refractivity contribution in [3.63, 3.8) is 0 Å². The van der Waals surface area contributed by atoms with Crippen LogP contribution in [0.5, 0.6) is 0 Å². The average molecular weight is 251 g/mol. The Kier molecular flexibility index (Phi) is 7.74. The summed E-state index contributed by atoms with van der Waals surface area (Å²) in [6.45, 7) is 9.71. The van der Waals surface area contributed by atoms with Gasteiger partial charge >= 0.3 is 0 Å². The van der Waals surface area contributed by atoms with Crippen LogP contribution in [0.2, 0.25) is 0 Å². The van der Waals surface area contributed by atoms with Gasteiger partial charge in [-0.25, -0.2) is 0 Å². The van der Waals surface area contributed by atoms with E-state index in [4.69, 9.17) is 0 Å². The van der Waals surface area contributed by atoms with Gasteiger partial charge in [-0.2, -0.15) is 5.10 Å². The van der Waals surface area contributed by atoms with Gasteiger partial charge in [0.25, 0.3) is 0 Å². The first kappa shape index (κ1) is 15.2. The van der Waals surface area contributed by atoms with Crippen molar-refractivity contribution in [3.05, 3.63) is 18.0 Å². The molecule has 0 amide bonds. The molecule has 0 saturated heterocycles. The van der Waals surface area contributed by atoms with Gasteiger partial charge < -0.3 is 5.32 Å². The van der Waals surface area contributed by atoms with E-state index >= 15 is 0 Å². The Hall–Kier alpha value is -0.830. The SMILES string of the molecule is CCCCCCCn1ccc(CNCC(C)C)n1. The molecule has 3 nitrogen and oxygen atoms in total. The summed E-state index contributed by atoms with van der Waals surface area (Å²) in [5.41, 5.74) is 1.16. The molecule has 0 bridgehead atoms. The van der Waals surface area contributed by atoms with E-state index < -0.39 is 0 Å². The lowest BCUT2D eigenvalue weighted by Gasteiger charge is -2.05. The van der Waals surface area contributed by atoms with E-state index in [9.17, 15) is 0 Å². The van der Waals surface area contributed by atoms with Crippen LogP contribution in [0.3, 0.4) is 0 Å². The van der Waals surface area contributed by atoms with E-state index in [1.807, 2.05) is 0 Å². The van der Waals surface area contributed by atoms with Crippen molar-refractivity contribution in [1.82, 2.24) is 15.1 Å². The Morgan fingerprint density at radius 3 is 2.72 bits per heavy atom. The third-order valence-electron chi connectivity index (χ3n) is 3.05. The van der Waals surface area contributed by atoms with Crippen LogP contribution in [0.15, 0.2) is 12.3 Å². The van der Waals surface area contributed by atoms with Crippen molar-refractivity contribution in [2.75, 3.05) is 6.54 Å². The molecule has 0 aliphatic heterocycles. The normalized spacial score (nSPS) is 11.3. The van der Waals surface area contributed by atoms with Crippen molar-refractivity contribution < 1.29 is 0 Å². The maximum atomic E-state index is 4.58. The molecule has 0 fully saturated rings. The smallest absolute Gasteiger partial charge is 0.0762 e. The van der Waals surface area contributed by atoms with Gasteiger partial charge in [-0.05, 0) is 24.9 Å². The predicted molar refractivity (Wildman–Crippen MR) is 77.5 cm³/mol. The summed E-state index contributed by atoms with van der Waals surface area (Å²) in [5, 5.41) is 8.00. The number of aromatic nitrogens is 2. The second-order valence-corrected chi connectivity index (χ2v) is 5.51. The molecule has 0 radical (unpaired) electrons. The number of hydrogen-bond donors (Lipinski definition) is 1. The topological polar surface area (TPSA) is 29.9 Å². The van der Waals surface area contributed by atoms with Crippen molar-refractivity contribution in [3.8, 4) is 0 Å². The van der Waals surface area contributed by atoms with Gasteiger partial charge in [0.05, 0.1) is 5.69 Å². The van der Waals surface area contributed by atoms with Gasteiger partial charge in [-0.1, -0.05) is 46.5 Å². The Morgan fingerprint density at radius 2 is 2.00 bits per heavy atom. The molecule has 18 heavy (non-hydrogen) atoms. The van der Waals surface area contributed by atoms with E-state index in [0.29, 0.717) is 5.92 Å². The zero-order valence-corrected chi connectivity index (χ0v) is 12.3. The highest BCUT2D eigenvalue weighted by Gasteiger charge is 1.99. The summed E-state index contributed by atoms with van der Waals surface area (Å²) in [7, 11) is 0. The molecule has 0 unspecified atom stereocenters. The van der Waals surface area contributed by atoms with Crippen LogP contribution in [-0.4, -0.2) is 16.3 Å². The molecule has 1 aromatic heterocycles. The molecule has 1 heterocycles. The number of aryl methyl sites for hydroxylation is 1. The summed E-state index contributed by atoms with van der Waals surface area (Å²) < 4.78 is 2.08. The quantitative estimate of drug-likeness (QED) is 0.644. The van der Waals surface area contributed by atoms with Crippen LogP contribution in [0.4, 0.5) is 0 Å².